The van der Waals surface area contributed by atoms with Crippen molar-refractivity contribution in [2.75, 3.05) is 31.1 Å². The van der Waals surface area contributed by atoms with E-state index in [2.05, 4.69) is 10.1 Å². The number of ether oxygens (including phenoxy) is 1. The topological polar surface area (TPSA) is 97.6 Å². The number of aryl methyl sites for hydroxylation is 3. The molecular weight excluding hydrogens is 442 g/mol. The van der Waals surface area contributed by atoms with Gasteiger partial charge in [0.1, 0.15) is 0 Å². The number of fused-ring (bicyclic) bond motifs is 2. The van der Waals surface area contributed by atoms with Gasteiger partial charge in [0.25, 0.3) is 5.91 Å². The standard InChI is InChI=1S/C23H29N5O4S/c1-6-27(7-2)33(30,31)18-8-9-19-17(13-18)10-11-28(19)20(29)14-32-23-21-15(3)12-16(4)24-22(21)26(5)25-23/h8-9,12-13H,6-7,10-11,14H2,1-5H3. The van der Waals surface area contributed by atoms with E-state index in [1.807, 2.05) is 33.8 Å². The van der Waals surface area contributed by atoms with Crippen molar-refractivity contribution >= 4 is 32.7 Å². The summed E-state index contributed by atoms with van der Waals surface area (Å²) in [4.78, 5) is 19.4. The zero-order valence-corrected chi connectivity index (χ0v) is 20.4. The van der Waals surface area contributed by atoms with Gasteiger partial charge in [0.05, 0.1) is 10.3 Å². The van der Waals surface area contributed by atoms with Crippen LogP contribution in [0.15, 0.2) is 29.2 Å². The lowest BCUT2D eigenvalue weighted by Crippen LogP contribution is -2.33. The lowest BCUT2D eigenvalue weighted by Gasteiger charge is -2.20. The van der Waals surface area contributed by atoms with Crippen molar-refractivity contribution in [3.05, 3.63) is 41.1 Å². The van der Waals surface area contributed by atoms with Gasteiger partial charge in [0.15, 0.2) is 12.3 Å². The van der Waals surface area contributed by atoms with Gasteiger partial charge < -0.3 is 9.64 Å². The Bertz CT molecular complexity index is 1330. The van der Waals surface area contributed by atoms with Crippen LogP contribution >= 0.6 is 0 Å². The Labute approximate surface area is 194 Å². The van der Waals surface area contributed by atoms with Crippen molar-refractivity contribution in [3.63, 3.8) is 0 Å². The molecule has 4 rings (SSSR count). The highest BCUT2D eigenvalue weighted by atomic mass is 32.2. The molecule has 1 aliphatic heterocycles. The maximum Gasteiger partial charge on any atom is 0.264 e. The van der Waals surface area contributed by atoms with E-state index in [-0.39, 0.29) is 17.4 Å². The number of anilines is 1. The lowest BCUT2D eigenvalue weighted by molar-refractivity contribution is -0.120. The van der Waals surface area contributed by atoms with Crippen LogP contribution < -0.4 is 9.64 Å². The highest BCUT2D eigenvalue weighted by Crippen LogP contribution is 2.32. The van der Waals surface area contributed by atoms with Gasteiger partial charge >= 0.3 is 0 Å². The lowest BCUT2D eigenvalue weighted by atomic mass is 10.2. The number of hydrogen-bond donors (Lipinski definition) is 0. The fourth-order valence-corrected chi connectivity index (χ4v) is 5.88. The number of carbonyl (C=O) groups excluding carboxylic acids is 1. The average Bonchev–Trinajstić information content (AvgIpc) is 3.33. The van der Waals surface area contributed by atoms with E-state index in [1.165, 1.54) is 4.31 Å². The highest BCUT2D eigenvalue weighted by molar-refractivity contribution is 7.89. The van der Waals surface area contributed by atoms with Crippen molar-refractivity contribution in [3.8, 4) is 5.88 Å². The monoisotopic (exact) mass is 471 g/mol. The van der Waals surface area contributed by atoms with Crippen LogP contribution in [0.4, 0.5) is 5.69 Å². The number of sulfonamides is 1. The molecule has 0 N–H and O–H groups in total. The summed E-state index contributed by atoms with van der Waals surface area (Å²) in [6, 6.07) is 6.92. The highest BCUT2D eigenvalue weighted by Gasteiger charge is 2.29. The summed E-state index contributed by atoms with van der Waals surface area (Å²) in [6.45, 7) is 8.66. The molecule has 10 heteroatoms. The van der Waals surface area contributed by atoms with Crippen molar-refractivity contribution in [2.45, 2.75) is 39.0 Å². The number of aromatic nitrogens is 3. The summed E-state index contributed by atoms with van der Waals surface area (Å²) >= 11 is 0. The number of benzene rings is 1. The number of rotatable bonds is 7. The summed E-state index contributed by atoms with van der Waals surface area (Å²) in [6.07, 6.45) is 0.595. The third-order valence-electron chi connectivity index (χ3n) is 6.01. The molecule has 0 unspecified atom stereocenters. The third-order valence-corrected chi connectivity index (χ3v) is 8.06. The Morgan fingerprint density at radius 3 is 2.61 bits per heavy atom. The number of pyridine rings is 1. The number of amides is 1. The summed E-state index contributed by atoms with van der Waals surface area (Å²) < 4.78 is 34.6. The van der Waals surface area contributed by atoms with Crippen LogP contribution in [0.3, 0.4) is 0 Å². The minimum Gasteiger partial charge on any atom is -0.466 e. The van der Waals surface area contributed by atoms with Gasteiger partial charge in [-0.1, -0.05) is 13.8 Å². The van der Waals surface area contributed by atoms with E-state index in [0.29, 0.717) is 37.6 Å². The molecule has 3 aromatic rings. The van der Waals surface area contributed by atoms with Crippen LogP contribution in [0, 0.1) is 13.8 Å². The molecule has 0 atom stereocenters. The largest absolute Gasteiger partial charge is 0.466 e. The minimum atomic E-state index is -3.54. The first-order chi connectivity index (χ1) is 15.7. The van der Waals surface area contributed by atoms with Crippen molar-refractivity contribution in [1.82, 2.24) is 19.1 Å². The van der Waals surface area contributed by atoms with Gasteiger partial charge in [-0.15, -0.1) is 5.10 Å². The van der Waals surface area contributed by atoms with Gasteiger partial charge in [0.2, 0.25) is 15.9 Å². The first-order valence-corrected chi connectivity index (χ1v) is 12.5. The minimum absolute atomic E-state index is 0.168. The molecule has 9 nitrogen and oxygen atoms in total. The smallest absolute Gasteiger partial charge is 0.264 e. The second-order valence-electron chi connectivity index (χ2n) is 8.17. The summed E-state index contributed by atoms with van der Waals surface area (Å²) in [5.74, 6) is 0.176. The van der Waals surface area contributed by atoms with Crippen molar-refractivity contribution in [2.24, 2.45) is 7.05 Å². The summed E-state index contributed by atoms with van der Waals surface area (Å²) in [5.41, 5.74) is 4.16. The van der Waals surface area contributed by atoms with Crippen LogP contribution in [0.5, 0.6) is 5.88 Å². The molecule has 1 amide bonds. The van der Waals surface area contributed by atoms with E-state index in [9.17, 15) is 13.2 Å². The molecule has 0 bridgehead atoms. The molecule has 0 spiro atoms. The van der Waals surface area contributed by atoms with Gasteiger partial charge in [-0.2, -0.15) is 4.31 Å². The number of hydrogen-bond acceptors (Lipinski definition) is 6. The van der Waals surface area contributed by atoms with E-state index >= 15 is 0 Å². The molecule has 3 heterocycles. The molecule has 176 valence electrons. The third kappa shape index (κ3) is 4.08. The molecule has 0 radical (unpaired) electrons. The Balaban J connectivity index is 1.53. The normalized spacial score (nSPS) is 13.7. The molecule has 2 aromatic heterocycles. The van der Waals surface area contributed by atoms with Gasteiger partial charge in [0, 0.05) is 38.1 Å². The molecule has 0 fully saturated rings. The molecule has 1 aliphatic rings. The Morgan fingerprint density at radius 2 is 1.91 bits per heavy atom. The van der Waals surface area contributed by atoms with Gasteiger partial charge in [-0.05, 0) is 55.7 Å². The maximum absolute atomic E-state index is 13.0. The Morgan fingerprint density at radius 1 is 1.18 bits per heavy atom. The maximum atomic E-state index is 13.0. The average molecular weight is 472 g/mol. The van der Waals surface area contributed by atoms with Crippen molar-refractivity contribution < 1.29 is 17.9 Å². The SMILES string of the molecule is CCN(CC)S(=O)(=O)c1ccc2c(c1)CCN2C(=O)COc1nn(C)c2nc(C)cc(C)c12. The zero-order valence-electron chi connectivity index (χ0n) is 19.6. The Hall–Kier alpha value is -2.98. The molecular formula is C23H29N5O4S. The molecule has 0 saturated heterocycles. The van der Waals surface area contributed by atoms with Gasteiger partial charge in [-0.25, -0.2) is 18.1 Å². The molecule has 0 saturated carbocycles. The van der Waals surface area contributed by atoms with E-state index in [0.717, 1.165) is 27.9 Å². The van der Waals surface area contributed by atoms with E-state index < -0.39 is 10.0 Å². The molecule has 0 aliphatic carbocycles. The van der Waals surface area contributed by atoms with Crippen LogP contribution in [-0.2, 0) is 28.3 Å². The first kappa shape index (κ1) is 23.2. The van der Waals surface area contributed by atoms with E-state index in [4.69, 9.17) is 4.74 Å². The Kier molecular flexibility index (Phi) is 6.15. The fraction of sp³-hybridized carbons (Fsp3) is 0.435. The first-order valence-electron chi connectivity index (χ1n) is 11.0. The zero-order chi connectivity index (χ0) is 23.9. The predicted octanol–water partition coefficient (Wildman–Crippen LogP) is 2.58. The summed E-state index contributed by atoms with van der Waals surface area (Å²) in [7, 11) is -1.75. The predicted molar refractivity (Wildman–Crippen MR) is 126 cm³/mol. The molecule has 1 aromatic carbocycles. The number of nitrogens with zero attached hydrogens (tertiary/aromatic N) is 5. The fourth-order valence-electron chi connectivity index (χ4n) is 4.37. The van der Waals surface area contributed by atoms with E-state index in [1.54, 1.807) is 34.8 Å². The van der Waals surface area contributed by atoms with Crippen molar-refractivity contribution in [1.29, 1.82) is 0 Å². The number of carbonyl (C=O) groups is 1. The second-order valence-corrected chi connectivity index (χ2v) is 10.1. The van der Waals surface area contributed by atoms with Crippen LogP contribution in [0.1, 0.15) is 30.7 Å². The summed E-state index contributed by atoms with van der Waals surface area (Å²) in [5, 5.41) is 5.19. The van der Waals surface area contributed by atoms with Crippen LogP contribution in [0.2, 0.25) is 0 Å². The second kappa shape index (κ2) is 8.75. The van der Waals surface area contributed by atoms with Crippen LogP contribution in [-0.4, -0.2) is 59.6 Å². The van der Waals surface area contributed by atoms with Gasteiger partial charge in [-0.3, -0.25) is 4.79 Å². The quantitative estimate of drug-likeness (QED) is 0.525. The van der Waals surface area contributed by atoms with Crippen LogP contribution in [0.25, 0.3) is 11.0 Å². The molecule has 33 heavy (non-hydrogen) atoms.